The van der Waals surface area contributed by atoms with Crippen molar-refractivity contribution in [2.24, 2.45) is 0 Å². The van der Waals surface area contributed by atoms with E-state index in [1.807, 2.05) is 7.11 Å². The highest BCUT2D eigenvalue weighted by molar-refractivity contribution is 7.16. The Balaban J connectivity index is 4.31. The van der Waals surface area contributed by atoms with E-state index in [2.05, 4.69) is 111 Å². The van der Waals surface area contributed by atoms with Crippen molar-refractivity contribution in [2.75, 3.05) is 7.11 Å². The average molecular weight is 471 g/mol. The van der Waals surface area contributed by atoms with Gasteiger partial charge >= 0.3 is 0 Å². The number of allylic oxidation sites excluding steroid dienone is 2. The van der Waals surface area contributed by atoms with E-state index in [9.17, 15) is 0 Å². The topological polar surface area (TPSA) is 9.23 Å². The molecule has 28 heavy (non-hydrogen) atoms. The molecule has 164 valence electrons. The second-order valence-corrected chi connectivity index (χ2v) is 40.7. The number of rotatable bonds is 5. The molecule has 1 aliphatic heterocycles. The Hall–Kier alpha value is 0.524. The fourth-order valence-electron chi connectivity index (χ4n) is 5.66. The highest BCUT2D eigenvalue weighted by Crippen LogP contribution is 2.61. The zero-order valence-electron chi connectivity index (χ0n) is 22.1. The van der Waals surface area contributed by atoms with Crippen molar-refractivity contribution in [2.45, 2.75) is 109 Å². The minimum atomic E-state index is -2.24. The Labute approximate surface area is 182 Å². The van der Waals surface area contributed by atoms with Crippen molar-refractivity contribution in [3.8, 4) is 0 Å². The predicted molar refractivity (Wildman–Crippen MR) is 145 cm³/mol. The van der Waals surface area contributed by atoms with Crippen LogP contribution in [0.15, 0.2) is 21.8 Å². The minimum Gasteiger partial charge on any atom is -0.412 e. The van der Waals surface area contributed by atoms with Crippen molar-refractivity contribution in [3.05, 3.63) is 21.8 Å². The summed E-state index contributed by atoms with van der Waals surface area (Å²) in [6.07, 6.45) is 5.75. The molecule has 6 heteroatoms. The highest BCUT2D eigenvalue weighted by atomic mass is 28.4. The van der Waals surface area contributed by atoms with Crippen molar-refractivity contribution < 1.29 is 4.43 Å². The van der Waals surface area contributed by atoms with Crippen molar-refractivity contribution in [1.82, 2.24) is 0 Å². The lowest BCUT2D eigenvalue weighted by atomic mass is 10.2. The lowest BCUT2D eigenvalue weighted by molar-refractivity contribution is 0.379. The molecule has 0 radical (unpaired) electrons. The maximum absolute atomic E-state index is 6.84. The summed E-state index contributed by atoms with van der Waals surface area (Å²) in [7, 11) is -6.33. The molecule has 1 rings (SSSR count). The van der Waals surface area contributed by atoms with Gasteiger partial charge in [-0.3, -0.25) is 0 Å². The third-order valence-corrected chi connectivity index (χ3v) is 31.7. The molecule has 0 saturated carbocycles. The first-order valence-electron chi connectivity index (χ1n) is 11.0. The Kier molecular flexibility index (Phi) is 6.92. The van der Waals surface area contributed by atoms with Gasteiger partial charge in [-0.05, 0) is 9.70 Å². The molecule has 0 bridgehead atoms. The van der Waals surface area contributed by atoms with Gasteiger partial charge in [0, 0.05) is 7.11 Å². The van der Waals surface area contributed by atoms with Crippen LogP contribution in [0.2, 0.25) is 88.3 Å². The first-order valence-corrected chi connectivity index (χ1v) is 26.9. The molecule has 1 aliphatic rings. The third kappa shape index (κ3) is 4.15. The van der Waals surface area contributed by atoms with Crippen LogP contribution in [-0.4, -0.2) is 47.7 Å². The van der Waals surface area contributed by atoms with Gasteiger partial charge in [0.25, 0.3) is 0 Å². The van der Waals surface area contributed by atoms with Crippen LogP contribution in [-0.2, 0) is 4.43 Å². The summed E-state index contributed by atoms with van der Waals surface area (Å²) in [5, 5.41) is 0.172. The summed E-state index contributed by atoms with van der Waals surface area (Å²) in [5.41, 5.74) is 0. The molecular weight excluding hydrogens is 421 g/mol. The van der Waals surface area contributed by atoms with Gasteiger partial charge < -0.3 is 4.43 Å². The van der Waals surface area contributed by atoms with Gasteiger partial charge in [0.1, 0.15) is 0 Å². The van der Waals surface area contributed by atoms with Crippen LogP contribution < -0.4 is 0 Å². The monoisotopic (exact) mass is 470 g/mol. The van der Waals surface area contributed by atoms with E-state index >= 15 is 0 Å². The molecule has 0 aromatic heterocycles. The molecule has 0 spiro atoms. The minimum absolute atomic E-state index is 0.172. The third-order valence-electron chi connectivity index (χ3n) is 6.96. The fourth-order valence-corrected chi connectivity index (χ4v) is 35.8. The number of hydrogen-bond donors (Lipinski definition) is 0. The molecule has 0 N–H and O–H groups in total. The normalized spacial score (nSPS) is 21.3. The molecule has 0 amide bonds. The maximum atomic E-state index is 6.84. The fraction of sp³-hybridized carbons (Fsp3) is 0.818. The first-order chi connectivity index (χ1) is 12.0. The Morgan fingerprint density at radius 2 is 0.964 bits per heavy atom. The van der Waals surface area contributed by atoms with Gasteiger partial charge in [-0.1, -0.05) is 121 Å². The van der Waals surface area contributed by atoms with Crippen LogP contribution in [0, 0.1) is 0 Å². The molecule has 0 unspecified atom stereocenters. The number of hydrogen-bond acceptors (Lipinski definition) is 1. The van der Waals surface area contributed by atoms with E-state index in [1.54, 1.807) is 9.64 Å². The zero-order chi connectivity index (χ0) is 22.8. The van der Waals surface area contributed by atoms with Crippen LogP contribution in [0.5, 0.6) is 0 Å². The molecule has 1 heterocycles. The molecule has 0 saturated heterocycles. The van der Waals surface area contributed by atoms with Crippen LogP contribution in [0.3, 0.4) is 0 Å². The smallest absolute Gasteiger partial charge is 0.244 e. The average Bonchev–Trinajstić information content (AvgIpc) is 2.39. The van der Waals surface area contributed by atoms with E-state index in [4.69, 9.17) is 4.43 Å². The van der Waals surface area contributed by atoms with Crippen LogP contribution >= 0.6 is 0 Å². The summed E-state index contributed by atoms with van der Waals surface area (Å²) in [6.45, 7) is 38.4. The van der Waals surface area contributed by atoms with E-state index in [-0.39, 0.29) is 5.04 Å². The van der Waals surface area contributed by atoms with Gasteiger partial charge in [0.15, 0.2) is 0 Å². The molecule has 0 aliphatic carbocycles. The van der Waals surface area contributed by atoms with E-state index in [0.717, 1.165) is 0 Å². The second kappa shape index (κ2) is 7.29. The molecule has 1 nitrogen and oxygen atoms in total. The standard InChI is InChI=1S/C22H50OSi5/c1-21(2,3)28(23-4)19(24(5,6)7)17-22(26(11,12)13,27(14,15)16)18-20(28)25(8,9)10/h17-18H,1-16H3. The largest absolute Gasteiger partial charge is 0.412 e. The molecule has 0 fully saturated rings. The summed E-state index contributed by atoms with van der Waals surface area (Å²) in [5.74, 6) is 0. The SMILES string of the molecule is CO[Si]1(C(C)(C)C)C([Si](C)(C)C)=CC([Si](C)(C)C)([Si](C)(C)C)C=C1[Si](C)(C)C. The lowest BCUT2D eigenvalue weighted by Crippen LogP contribution is -2.65. The van der Waals surface area contributed by atoms with Gasteiger partial charge in [-0.15, -0.1) is 0 Å². The maximum Gasteiger partial charge on any atom is 0.244 e. The zero-order valence-corrected chi connectivity index (χ0v) is 27.1. The highest BCUT2D eigenvalue weighted by Gasteiger charge is 2.63. The van der Waals surface area contributed by atoms with Crippen LogP contribution in [0.4, 0.5) is 0 Å². The van der Waals surface area contributed by atoms with Gasteiger partial charge in [0.05, 0.1) is 32.3 Å². The van der Waals surface area contributed by atoms with Crippen LogP contribution in [0.25, 0.3) is 0 Å². The van der Waals surface area contributed by atoms with E-state index in [0.29, 0.717) is 4.66 Å². The van der Waals surface area contributed by atoms with E-state index in [1.165, 1.54) is 0 Å². The van der Waals surface area contributed by atoms with Crippen LogP contribution in [0.1, 0.15) is 20.8 Å². The Bertz CT molecular complexity index is 607. The predicted octanol–water partition coefficient (Wildman–Crippen LogP) is 8.03. The lowest BCUT2D eigenvalue weighted by Gasteiger charge is -2.59. The van der Waals surface area contributed by atoms with Gasteiger partial charge in [-0.2, -0.15) is 0 Å². The quantitative estimate of drug-likeness (QED) is 0.369. The Morgan fingerprint density at radius 1 is 0.679 bits per heavy atom. The summed E-state index contributed by atoms with van der Waals surface area (Å²) in [4.78, 5) is 3.61. The first kappa shape index (κ1) is 26.6. The second-order valence-electron chi connectivity index (χ2n) is 14.1. The van der Waals surface area contributed by atoms with Gasteiger partial charge in [-0.25, -0.2) is 0 Å². The van der Waals surface area contributed by atoms with Crippen molar-refractivity contribution in [3.63, 3.8) is 0 Å². The summed E-state index contributed by atoms with van der Waals surface area (Å²) in [6, 6.07) is 0. The summed E-state index contributed by atoms with van der Waals surface area (Å²) < 4.78 is 7.15. The van der Waals surface area contributed by atoms with Gasteiger partial charge in [0.2, 0.25) is 8.32 Å². The molecule has 0 aromatic carbocycles. The van der Waals surface area contributed by atoms with E-state index < -0.39 is 40.6 Å². The molecular formula is C22H50OSi5. The van der Waals surface area contributed by atoms with Crippen molar-refractivity contribution >= 4 is 40.6 Å². The summed E-state index contributed by atoms with van der Waals surface area (Å²) >= 11 is 0. The molecule has 0 aromatic rings. The Morgan fingerprint density at radius 3 is 1.11 bits per heavy atom. The van der Waals surface area contributed by atoms with Crippen molar-refractivity contribution in [1.29, 1.82) is 0 Å². The molecule has 0 atom stereocenters.